The Morgan fingerprint density at radius 2 is 2.00 bits per heavy atom. The van der Waals surface area contributed by atoms with Crippen LogP contribution in [0.4, 0.5) is 0 Å². The summed E-state index contributed by atoms with van der Waals surface area (Å²) in [5.41, 5.74) is 10.3. The van der Waals surface area contributed by atoms with Crippen molar-refractivity contribution >= 4 is 0 Å². The summed E-state index contributed by atoms with van der Waals surface area (Å²) in [7, 11) is 0. The van der Waals surface area contributed by atoms with Gasteiger partial charge in [-0.15, -0.1) is 6.58 Å². The lowest BCUT2D eigenvalue weighted by atomic mass is 9.96. The summed E-state index contributed by atoms with van der Waals surface area (Å²) >= 11 is 0. The molecule has 1 rings (SSSR count). The fourth-order valence-electron chi connectivity index (χ4n) is 2.28. The average Bonchev–Trinajstić information content (AvgIpc) is 2.33. The van der Waals surface area contributed by atoms with E-state index < -0.39 is 0 Å². The van der Waals surface area contributed by atoms with Gasteiger partial charge in [-0.25, -0.2) is 0 Å². The summed E-state index contributed by atoms with van der Waals surface area (Å²) in [5.74, 6) is 0. The highest BCUT2D eigenvalue weighted by molar-refractivity contribution is 5.31. The van der Waals surface area contributed by atoms with Crippen LogP contribution in [0.25, 0.3) is 0 Å². The van der Waals surface area contributed by atoms with Gasteiger partial charge in [0, 0.05) is 6.04 Å². The summed E-state index contributed by atoms with van der Waals surface area (Å²) < 4.78 is 0. The molecule has 100 valence electrons. The van der Waals surface area contributed by atoms with E-state index in [1.165, 1.54) is 36.0 Å². The molecule has 0 saturated carbocycles. The van der Waals surface area contributed by atoms with E-state index >= 15 is 0 Å². The Morgan fingerprint density at radius 1 is 1.22 bits per heavy atom. The number of nitrogens with two attached hydrogens (primary N) is 1. The fraction of sp³-hybridized carbons (Fsp3) is 0.529. The molecule has 1 aromatic carbocycles. The number of allylic oxidation sites excluding steroid dienone is 1. The lowest BCUT2D eigenvalue weighted by Crippen LogP contribution is -2.23. The Balaban J connectivity index is 2.32. The second kappa shape index (κ2) is 8.10. The minimum absolute atomic E-state index is 0.300. The first kappa shape index (κ1) is 15.0. The third-order valence-corrected chi connectivity index (χ3v) is 3.47. The maximum atomic E-state index is 6.22. The Hall–Kier alpha value is -1.08. The molecule has 0 amide bonds. The first-order chi connectivity index (χ1) is 8.63. The SMILES string of the molecule is C=CCCCCCC(N)Cc1cc(C)ccc1C. The molecule has 1 unspecified atom stereocenters. The zero-order valence-corrected chi connectivity index (χ0v) is 11.9. The van der Waals surface area contributed by atoms with Gasteiger partial charge in [-0.1, -0.05) is 42.7 Å². The van der Waals surface area contributed by atoms with Crippen LogP contribution in [0.1, 0.15) is 48.8 Å². The van der Waals surface area contributed by atoms with Crippen molar-refractivity contribution in [3.63, 3.8) is 0 Å². The minimum Gasteiger partial charge on any atom is -0.327 e. The zero-order valence-electron chi connectivity index (χ0n) is 11.9. The van der Waals surface area contributed by atoms with Gasteiger partial charge in [0.05, 0.1) is 0 Å². The van der Waals surface area contributed by atoms with Crippen LogP contribution in [0.15, 0.2) is 30.9 Å². The van der Waals surface area contributed by atoms with Crippen molar-refractivity contribution in [1.82, 2.24) is 0 Å². The van der Waals surface area contributed by atoms with E-state index in [-0.39, 0.29) is 0 Å². The number of hydrogen-bond donors (Lipinski definition) is 1. The van der Waals surface area contributed by atoms with Crippen molar-refractivity contribution < 1.29 is 0 Å². The third kappa shape index (κ3) is 5.50. The van der Waals surface area contributed by atoms with E-state index in [4.69, 9.17) is 5.73 Å². The van der Waals surface area contributed by atoms with Gasteiger partial charge in [0.25, 0.3) is 0 Å². The van der Waals surface area contributed by atoms with E-state index in [0.29, 0.717) is 6.04 Å². The molecule has 0 radical (unpaired) electrons. The molecule has 0 aromatic heterocycles. The Kier molecular flexibility index (Phi) is 6.74. The molecule has 0 aliphatic carbocycles. The molecular weight excluding hydrogens is 218 g/mol. The zero-order chi connectivity index (χ0) is 13.4. The summed E-state index contributed by atoms with van der Waals surface area (Å²) in [6, 6.07) is 6.93. The highest BCUT2D eigenvalue weighted by atomic mass is 14.6. The van der Waals surface area contributed by atoms with Gasteiger partial charge in [0.2, 0.25) is 0 Å². The van der Waals surface area contributed by atoms with Crippen molar-refractivity contribution in [2.45, 2.75) is 58.4 Å². The van der Waals surface area contributed by atoms with Crippen LogP contribution in [0.2, 0.25) is 0 Å². The molecule has 0 fully saturated rings. The molecule has 2 N–H and O–H groups in total. The Morgan fingerprint density at radius 3 is 2.72 bits per heavy atom. The van der Waals surface area contributed by atoms with E-state index in [1.54, 1.807) is 0 Å². The highest BCUT2D eigenvalue weighted by Crippen LogP contribution is 2.14. The number of rotatable bonds is 8. The molecule has 1 atom stereocenters. The van der Waals surface area contributed by atoms with Crippen LogP contribution in [0.3, 0.4) is 0 Å². The van der Waals surface area contributed by atoms with Crippen molar-refractivity contribution in [2.75, 3.05) is 0 Å². The number of benzene rings is 1. The standard InChI is InChI=1S/C17H27N/c1-4-5-6-7-8-9-17(18)13-16-12-14(2)10-11-15(16)3/h4,10-12,17H,1,5-9,13,18H2,2-3H3. The van der Waals surface area contributed by atoms with Crippen LogP contribution in [-0.2, 0) is 6.42 Å². The van der Waals surface area contributed by atoms with Gasteiger partial charge in [-0.3, -0.25) is 0 Å². The van der Waals surface area contributed by atoms with Gasteiger partial charge >= 0.3 is 0 Å². The highest BCUT2D eigenvalue weighted by Gasteiger charge is 2.06. The van der Waals surface area contributed by atoms with Crippen LogP contribution >= 0.6 is 0 Å². The average molecular weight is 245 g/mol. The van der Waals surface area contributed by atoms with Crippen LogP contribution in [0.5, 0.6) is 0 Å². The molecule has 1 nitrogen and oxygen atoms in total. The van der Waals surface area contributed by atoms with Gasteiger partial charge in [-0.05, 0) is 50.7 Å². The fourth-order valence-corrected chi connectivity index (χ4v) is 2.28. The van der Waals surface area contributed by atoms with E-state index in [2.05, 4.69) is 38.6 Å². The minimum atomic E-state index is 0.300. The second-order valence-electron chi connectivity index (χ2n) is 5.32. The van der Waals surface area contributed by atoms with Crippen molar-refractivity contribution in [3.8, 4) is 0 Å². The predicted octanol–water partition coefficient (Wildman–Crippen LogP) is 4.31. The number of aryl methyl sites for hydroxylation is 2. The molecule has 0 aliphatic rings. The lowest BCUT2D eigenvalue weighted by Gasteiger charge is -2.14. The summed E-state index contributed by atoms with van der Waals surface area (Å²) in [5, 5.41) is 0. The topological polar surface area (TPSA) is 26.0 Å². The van der Waals surface area contributed by atoms with Gasteiger partial charge in [-0.2, -0.15) is 0 Å². The number of unbranched alkanes of at least 4 members (excludes halogenated alkanes) is 3. The van der Waals surface area contributed by atoms with E-state index in [0.717, 1.165) is 19.3 Å². The second-order valence-corrected chi connectivity index (χ2v) is 5.32. The molecule has 0 bridgehead atoms. The van der Waals surface area contributed by atoms with Crippen molar-refractivity contribution in [2.24, 2.45) is 5.73 Å². The van der Waals surface area contributed by atoms with Crippen LogP contribution in [-0.4, -0.2) is 6.04 Å². The van der Waals surface area contributed by atoms with Gasteiger partial charge in [0.1, 0.15) is 0 Å². The first-order valence-electron chi connectivity index (χ1n) is 7.06. The lowest BCUT2D eigenvalue weighted by molar-refractivity contribution is 0.550. The predicted molar refractivity (Wildman–Crippen MR) is 80.9 cm³/mol. The quantitative estimate of drug-likeness (QED) is 0.536. The summed E-state index contributed by atoms with van der Waals surface area (Å²) in [4.78, 5) is 0. The van der Waals surface area contributed by atoms with Gasteiger partial charge in [0.15, 0.2) is 0 Å². The Bertz CT molecular complexity index is 368. The monoisotopic (exact) mass is 245 g/mol. The number of hydrogen-bond acceptors (Lipinski definition) is 1. The normalized spacial score (nSPS) is 12.4. The molecule has 0 aliphatic heterocycles. The molecule has 1 aromatic rings. The molecule has 0 heterocycles. The van der Waals surface area contributed by atoms with E-state index in [9.17, 15) is 0 Å². The Labute approximate surface area is 112 Å². The molecule has 18 heavy (non-hydrogen) atoms. The van der Waals surface area contributed by atoms with Crippen LogP contribution < -0.4 is 5.73 Å². The first-order valence-corrected chi connectivity index (χ1v) is 7.06. The van der Waals surface area contributed by atoms with E-state index in [1.807, 2.05) is 6.08 Å². The maximum Gasteiger partial charge on any atom is 0.00794 e. The summed E-state index contributed by atoms with van der Waals surface area (Å²) in [6.07, 6.45) is 9.02. The van der Waals surface area contributed by atoms with Crippen molar-refractivity contribution in [1.29, 1.82) is 0 Å². The van der Waals surface area contributed by atoms with Crippen LogP contribution in [0, 0.1) is 13.8 Å². The molecular formula is C17H27N. The molecule has 0 spiro atoms. The van der Waals surface area contributed by atoms with Gasteiger partial charge < -0.3 is 5.73 Å². The third-order valence-electron chi connectivity index (χ3n) is 3.47. The summed E-state index contributed by atoms with van der Waals surface area (Å²) in [6.45, 7) is 8.06. The molecule has 1 heteroatoms. The van der Waals surface area contributed by atoms with Crippen molar-refractivity contribution in [3.05, 3.63) is 47.5 Å². The maximum absolute atomic E-state index is 6.22. The molecule has 0 saturated heterocycles. The largest absolute Gasteiger partial charge is 0.327 e. The smallest absolute Gasteiger partial charge is 0.00794 e.